The van der Waals surface area contributed by atoms with E-state index in [0.29, 0.717) is 26.2 Å². The van der Waals surface area contributed by atoms with Crippen molar-refractivity contribution in [3.63, 3.8) is 0 Å². The molecule has 11 heteroatoms. The maximum Gasteiger partial charge on any atom is 0.325 e. The fraction of sp³-hybridized carbons (Fsp3) is 0.500. The molecule has 0 spiro atoms. The average Bonchev–Trinajstić information content (AvgIpc) is 2.55. The Morgan fingerprint density at radius 1 is 1.32 bits per heavy atom. The molecular formula is C14H20N4O6S. The molecule has 1 aromatic carbocycles. The van der Waals surface area contributed by atoms with Crippen molar-refractivity contribution in [1.29, 1.82) is 0 Å². The lowest BCUT2D eigenvalue weighted by Gasteiger charge is -2.31. The molecule has 1 saturated heterocycles. The van der Waals surface area contributed by atoms with Crippen LogP contribution in [-0.4, -0.2) is 72.9 Å². The third-order valence-electron chi connectivity index (χ3n) is 4.01. The van der Waals surface area contributed by atoms with Crippen LogP contribution >= 0.6 is 0 Å². The minimum atomic E-state index is -3.84. The number of nitrogens with zero attached hydrogens (tertiary/aromatic N) is 3. The van der Waals surface area contributed by atoms with Crippen LogP contribution in [0.2, 0.25) is 0 Å². The number of sulfonamides is 1. The summed E-state index contributed by atoms with van der Waals surface area (Å²) in [6, 6.07) is 2.38. The number of carboxylic acid groups (broad SMARTS) is 1. The molecule has 1 aromatic rings. The molecule has 0 amide bonds. The number of aliphatic carboxylic acids is 1. The van der Waals surface area contributed by atoms with Crippen LogP contribution in [0.25, 0.3) is 0 Å². The highest BCUT2D eigenvalue weighted by molar-refractivity contribution is 7.89. The standard InChI is InChI=1S/C14H20N4O6S/c1-10(14(19)20)15-12-4-3-11(9-13(12)18(21)22)25(23,24)17-7-5-16(2)6-8-17/h3-4,9-10,15H,5-8H2,1-2H3,(H,19,20)/t10-/m1/s1. The Morgan fingerprint density at radius 3 is 2.44 bits per heavy atom. The van der Waals surface area contributed by atoms with E-state index in [1.165, 1.54) is 23.4 Å². The number of hydrogen-bond donors (Lipinski definition) is 2. The molecular weight excluding hydrogens is 352 g/mol. The van der Waals surface area contributed by atoms with Gasteiger partial charge in [-0.2, -0.15) is 4.31 Å². The van der Waals surface area contributed by atoms with Gasteiger partial charge in [0.15, 0.2) is 0 Å². The van der Waals surface area contributed by atoms with Gasteiger partial charge >= 0.3 is 5.97 Å². The lowest BCUT2D eigenvalue weighted by atomic mass is 10.2. The molecule has 0 saturated carbocycles. The number of rotatable bonds is 6. The molecule has 0 radical (unpaired) electrons. The number of piperazine rings is 1. The number of carboxylic acids is 1. The van der Waals surface area contributed by atoms with Gasteiger partial charge in [0.1, 0.15) is 11.7 Å². The number of hydrogen-bond acceptors (Lipinski definition) is 7. The van der Waals surface area contributed by atoms with Crippen LogP contribution < -0.4 is 5.32 Å². The summed E-state index contributed by atoms with van der Waals surface area (Å²) < 4.78 is 26.7. The number of nitro groups is 1. The van der Waals surface area contributed by atoms with Gasteiger partial charge < -0.3 is 15.3 Å². The van der Waals surface area contributed by atoms with E-state index >= 15 is 0 Å². The topological polar surface area (TPSA) is 133 Å². The highest BCUT2D eigenvalue weighted by Gasteiger charge is 2.30. The predicted molar refractivity (Wildman–Crippen MR) is 90.1 cm³/mol. The number of carbonyl (C=O) groups is 1. The van der Waals surface area contributed by atoms with Gasteiger partial charge in [0.05, 0.1) is 9.82 Å². The van der Waals surface area contributed by atoms with Crippen molar-refractivity contribution in [1.82, 2.24) is 9.21 Å². The number of nitrogens with one attached hydrogen (secondary N) is 1. The SMILES string of the molecule is C[C@@H](Nc1ccc(S(=O)(=O)N2CCN(C)CC2)cc1[N+](=O)[O-])C(=O)O. The summed E-state index contributed by atoms with van der Waals surface area (Å²) in [6.07, 6.45) is 0. The van der Waals surface area contributed by atoms with Crippen molar-refractivity contribution in [2.45, 2.75) is 17.9 Å². The quantitative estimate of drug-likeness (QED) is 0.542. The molecule has 1 fully saturated rings. The third-order valence-corrected chi connectivity index (χ3v) is 5.90. The van der Waals surface area contributed by atoms with E-state index in [1.54, 1.807) is 0 Å². The van der Waals surface area contributed by atoms with E-state index in [2.05, 4.69) is 5.32 Å². The van der Waals surface area contributed by atoms with E-state index in [-0.39, 0.29) is 10.6 Å². The zero-order valence-corrected chi connectivity index (χ0v) is 14.7. The van der Waals surface area contributed by atoms with Gasteiger partial charge in [-0.1, -0.05) is 0 Å². The van der Waals surface area contributed by atoms with Crippen molar-refractivity contribution < 1.29 is 23.2 Å². The maximum absolute atomic E-state index is 12.7. The Balaban J connectivity index is 2.35. The molecule has 138 valence electrons. The van der Waals surface area contributed by atoms with Crippen molar-refractivity contribution >= 4 is 27.4 Å². The molecule has 1 atom stereocenters. The molecule has 1 heterocycles. The Hall–Kier alpha value is -2.24. The summed E-state index contributed by atoms with van der Waals surface area (Å²) in [7, 11) is -1.96. The van der Waals surface area contributed by atoms with Gasteiger partial charge in [-0.3, -0.25) is 14.9 Å². The Labute approximate surface area is 145 Å². The van der Waals surface area contributed by atoms with Crippen LogP contribution in [0.3, 0.4) is 0 Å². The minimum Gasteiger partial charge on any atom is -0.480 e. The summed E-state index contributed by atoms with van der Waals surface area (Å²) >= 11 is 0. The van der Waals surface area contributed by atoms with Crippen LogP contribution in [-0.2, 0) is 14.8 Å². The van der Waals surface area contributed by atoms with E-state index < -0.39 is 32.6 Å². The van der Waals surface area contributed by atoms with Gasteiger partial charge in [-0.05, 0) is 26.1 Å². The number of nitro benzene ring substituents is 1. The Morgan fingerprint density at radius 2 is 1.92 bits per heavy atom. The summed E-state index contributed by atoms with van der Waals surface area (Å²) in [6.45, 7) is 3.11. The van der Waals surface area contributed by atoms with Crippen LogP contribution in [0.15, 0.2) is 23.1 Å². The molecule has 1 aliphatic rings. The predicted octanol–water partition coefficient (Wildman–Crippen LogP) is 0.416. The summed E-state index contributed by atoms with van der Waals surface area (Å²) in [4.78, 5) is 23.3. The van der Waals surface area contributed by atoms with E-state index in [4.69, 9.17) is 5.11 Å². The first-order valence-corrected chi connectivity index (χ1v) is 9.03. The van der Waals surface area contributed by atoms with Gasteiger partial charge in [0.2, 0.25) is 10.0 Å². The third kappa shape index (κ3) is 4.24. The van der Waals surface area contributed by atoms with E-state index in [1.807, 2.05) is 11.9 Å². The highest BCUT2D eigenvalue weighted by Crippen LogP contribution is 2.29. The molecule has 0 bridgehead atoms. The second kappa shape index (κ2) is 7.33. The van der Waals surface area contributed by atoms with Crippen LogP contribution in [0.1, 0.15) is 6.92 Å². The summed E-state index contributed by atoms with van der Waals surface area (Å²) in [5.41, 5.74) is -0.527. The monoisotopic (exact) mass is 372 g/mol. The second-order valence-corrected chi connectivity index (χ2v) is 7.79. The zero-order chi connectivity index (χ0) is 18.8. The molecule has 2 N–H and O–H groups in total. The van der Waals surface area contributed by atoms with Crippen molar-refractivity contribution in [3.05, 3.63) is 28.3 Å². The van der Waals surface area contributed by atoms with Gasteiger partial charge in [0.25, 0.3) is 5.69 Å². The molecule has 25 heavy (non-hydrogen) atoms. The maximum atomic E-state index is 12.7. The highest BCUT2D eigenvalue weighted by atomic mass is 32.2. The van der Waals surface area contributed by atoms with Crippen LogP contribution in [0, 0.1) is 10.1 Å². The van der Waals surface area contributed by atoms with Gasteiger partial charge in [0, 0.05) is 32.2 Å². The normalized spacial score (nSPS) is 17.8. The fourth-order valence-electron chi connectivity index (χ4n) is 2.42. The molecule has 1 aliphatic heterocycles. The molecule has 2 rings (SSSR count). The smallest absolute Gasteiger partial charge is 0.325 e. The fourth-order valence-corrected chi connectivity index (χ4v) is 3.86. The Kier molecular flexibility index (Phi) is 5.60. The first-order chi connectivity index (χ1) is 11.6. The lowest BCUT2D eigenvalue weighted by Crippen LogP contribution is -2.47. The van der Waals surface area contributed by atoms with Gasteiger partial charge in [-0.25, -0.2) is 8.42 Å². The zero-order valence-electron chi connectivity index (χ0n) is 13.9. The second-order valence-electron chi connectivity index (χ2n) is 5.85. The molecule has 0 unspecified atom stereocenters. The first-order valence-electron chi connectivity index (χ1n) is 7.59. The number of benzene rings is 1. The first kappa shape index (κ1) is 19.1. The number of likely N-dealkylation sites (N-methyl/N-ethyl adjacent to an activating group) is 1. The summed E-state index contributed by atoms with van der Waals surface area (Å²) in [5, 5.41) is 22.7. The van der Waals surface area contributed by atoms with E-state index in [9.17, 15) is 23.3 Å². The molecule has 0 aromatic heterocycles. The largest absolute Gasteiger partial charge is 0.480 e. The molecule has 0 aliphatic carbocycles. The summed E-state index contributed by atoms with van der Waals surface area (Å²) in [5.74, 6) is -1.18. The van der Waals surface area contributed by atoms with Crippen LogP contribution in [0.4, 0.5) is 11.4 Å². The van der Waals surface area contributed by atoms with Gasteiger partial charge in [-0.15, -0.1) is 0 Å². The van der Waals surface area contributed by atoms with Crippen molar-refractivity contribution in [2.24, 2.45) is 0 Å². The minimum absolute atomic E-state index is 0.0442. The van der Waals surface area contributed by atoms with E-state index in [0.717, 1.165) is 6.07 Å². The van der Waals surface area contributed by atoms with Crippen molar-refractivity contribution in [2.75, 3.05) is 38.5 Å². The lowest BCUT2D eigenvalue weighted by molar-refractivity contribution is -0.384. The van der Waals surface area contributed by atoms with Crippen molar-refractivity contribution in [3.8, 4) is 0 Å². The van der Waals surface area contributed by atoms with Crippen LogP contribution in [0.5, 0.6) is 0 Å². The average molecular weight is 372 g/mol. The Bertz CT molecular complexity index is 774. The molecule has 10 nitrogen and oxygen atoms in total. The number of anilines is 1.